The number of ketones is 1. The van der Waals surface area contributed by atoms with Crippen LogP contribution in [0, 0.1) is 11.3 Å². The number of oxime groups is 1. The third-order valence-corrected chi connectivity index (χ3v) is 2.24. The molecule has 0 bridgehead atoms. The van der Waals surface area contributed by atoms with Crippen LogP contribution in [0.4, 0.5) is 0 Å². The fourth-order valence-corrected chi connectivity index (χ4v) is 1.60. The van der Waals surface area contributed by atoms with Crippen molar-refractivity contribution < 1.29 is 10.0 Å². The molecule has 1 aromatic carbocycles. The van der Waals surface area contributed by atoms with Crippen LogP contribution in [-0.2, 0) is 0 Å². The average Bonchev–Trinajstić information content (AvgIpc) is 2.54. The highest BCUT2D eigenvalue weighted by Crippen LogP contribution is 2.29. The van der Waals surface area contributed by atoms with Gasteiger partial charge in [0, 0.05) is 17.2 Å². The number of rotatable bonds is 0. The highest BCUT2D eigenvalue weighted by Gasteiger charge is 2.31. The number of hydrogen-bond donors (Lipinski definition) is 1. The number of hydrogen-bond acceptors (Lipinski definition) is 4. The standard InChI is InChI=1S/C11H6N2O2/c12-6-5-8-7-3-1-2-4-9(7)11(14)10(8)13-15/h1-5,15H/b8-5+,13-10+. The van der Waals surface area contributed by atoms with Gasteiger partial charge in [-0.1, -0.05) is 29.4 Å². The molecule has 0 heterocycles. The fourth-order valence-electron chi connectivity index (χ4n) is 1.60. The van der Waals surface area contributed by atoms with Crippen LogP contribution in [0.1, 0.15) is 15.9 Å². The molecule has 0 saturated carbocycles. The molecule has 72 valence electrons. The minimum atomic E-state index is -0.352. The van der Waals surface area contributed by atoms with Crippen LogP contribution >= 0.6 is 0 Å². The monoisotopic (exact) mass is 198 g/mol. The van der Waals surface area contributed by atoms with Crippen molar-refractivity contribution in [3.8, 4) is 6.07 Å². The van der Waals surface area contributed by atoms with Gasteiger partial charge in [0.25, 0.3) is 0 Å². The average molecular weight is 198 g/mol. The van der Waals surface area contributed by atoms with Crippen molar-refractivity contribution in [1.82, 2.24) is 0 Å². The highest BCUT2D eigenvalue weighted by molar-refractivity contribution is 6.65. The molecule has 1 aliphatic carbocycles. The third kappa shape index (κ3) is 1.22. The Hall–Kier alpha value is -2.41. The zero-order chi connectivity index (χ0) is 10.8. The van der Waals surface area contributed by atoms with Gasteiger partial charge in [-0.2, -0.15) is 5.26 Å². The summed E-state index contributed by atoms with van der Waals surface area (Å²) >= 11 is 0. The zero-order valence-corrected chi connectivity index (χ0v) is 7.64. The molecule has 0 aromatic heterocycles. The third-order valence-electron chi connectivity index (χ3n) is 2.24. The number of nitrogens with zero attached hydrogens (tertiary/aromatic N) is 2. The molecule has 1 N–H and O–H groups in total. The molecule has 0 radical (unpaired) electrons. The van der Waals surface area contributed by atoms with Crippen LogP contribution in [0.3, 0.4) is 0 Å². The van der Waals surface area contributed by atoms with Gasteiger partial charge in [0.15, 0.2) is 5.71 Å². The van der Waals surface area contributed by atoms with Crippen molar-refractivity contribution in [1.29, 1.82) is 5.26 Å². The summed E-state index contributed by atoms with van der Waals surface area (Å²) in [4.78, 5) is 11.7. The Morgan fingerprint density at radius 2 is 2.00 bits per heavy atom. The van der Waals surface area contributed by atoms with Gasteiger partial charge in [-0.25, -0.2) is 0 Å². The van der Waals surface area contributed by atoms with Crippen LogP contribution in [0.5, 0.6) is 0 Å². The molecular weight excluding hydrogens is 192 g/mol. The van der Waals surface area contributed by atoms with Gasteiger partial charge in [0.05, 0.1) is 6.07 Å². The van der Waals surface area contributed by atoms with E-state index in [1.54, 1.807) is 24.3 Å². The summed E-state index contributed by atoms with van der Waals surface area (Å²) in [5.41, 5.74) is 1.40. The van der Waals surface area contributed by atoms with E-state index in [0.29, 0.717) is 16.7 Å². The second kappa shape index (κ2) is 3.39. The lowest BCUT2D eigenvalue weighted by Crippen LogP contribution is -2.06. The molecule has 0 spiro atoms. The summed E-state index contributed by atoms with van der Waals surface area (Å²) < 4.78 is 0. The minimum Gasteiger partial charge on any atom is -0.410 e. The largest absolute Gasteiger partial charge is 0.410 e. The molecule has 0 unspecified atom stereocenters. The van der Waals surface area contributed by atoms with Crippen LogP contribution in [0.25, 0.3) is 5.57 Å². The Morgan fingerprint density at radius 3 is 2.60 bits per heavy atom. The van der Waals surface area contributed by atoms with E-state index < -0.39 is 0 Å². The maximum atomic E-state index is 11.7. The lowest BCUT2D eigenvalue weighted by Gasteiger charge is -1.94. The first kappa shape index (κ1) is 9.16. The Morgan fingerprint density at radius 1 is 1.33 bits per heavy atom. The number of allylic oxidation sites excluding steroid dienone is 2. The van der Waals surface area contributed by atoms with E-state index in [1.807, 2.05) is 6.07 Å². The predicted octanol–water partition coefficient (Wildman–Crippen LogP) is 1.62. The number of carbonyl (C=O) groups excluding carboxylic acids is 1. The summed E-state index contributed by atoms with van der Waals surface area (Å²) in [7, 11) is 0. The number of carbonyl (C=O) groups is 1. The molecule has 4 nitrogen and oxygen atoms in total. The van der Waals surface area contributed by atoms with Gasteiger partial charge >= 0.3 is 0 Å². The Bertz CT molecular complexity index is 536. The molecule has 1 aliphatic rings. The van der Waals surface area contributed by atoms with Crippen molar-refractivity contribution >= 4 is 17.1 Å². The molecule has 0 saturated heterocycles. The molecule has 0 atom stereocenters. The summed E-state index contributed by atoms with van der Waals surface area (Å²) in [6, 6.07) is 8.67. The molecule has 0 fully saturated rings. The van der Waals surface area contributed by atoms with E-state index >= 15 is 0 Å². The zero-order valence-electron chi connectivity index (χ0n) is 7.64. The second-order valence-corrected chi connectivity index (χ2v) is 3.01. The quantitative estimate of drug-likeness (QED) is 0.391. The molecule has 2 rings (SSSR count). The van der Waals surface area contributed by atoms with Crippen LogP contribution in [0.2, 0.25) is 0 Å². The normalized spacial score (nSPS) is 19.3. The summed E-state index contributed by atoms with van der Waals surface area (Å²) in [6.07, 6.45) is 1.21. The van der Waals surface area contributed by atoms with E-state index in [0.717, 1.165) is 0 Å². The number of nitriles is 1. The van der Waals surface area contributed by atoms with Gasteiger partial charge in [0.1, 0.15) is 0 Å². The topological polar surface area (TPSA) is 73.4 Å². The first-order chi connectivity index (χ1) is 7.29. The van der Waals surface area contributed by atoms with Crippen molar-refractivity contribution in [2.45, 2.75) is 0 Å². The SMILES string of the molecule is N#C/C=C1/C(=N\O)C(=O)c2ccccc21. The molecule has 4 heteroatoms. The number of benzene rings is 1. The van der Waals surface area contributed by atoms with Crippen LogP contribution in [-0.4, -0.2) is 16.7 Å². The lowest BCUT2D eigenvalue weighted by molar-refractivity contribution is 0.106. The second-order valence-electron chi connectivity index (χ2n) is 3.01. The molecule has 0 aliphatic heterocycles. The predicted molar refractivity (Wildman–Crippen MR) is 53.6 cm³/mol. The summed E-state index contributed by atoms with van der Waals surface area (Å²) in [5, 5.41) is 20.2. The lowest BCUT2D eigenvalue weighted by atomic mass is 10.1. The van der Waals surface area contributed by atoms with Crippen molar-refractivity contribution in [2.24, 2.45) is 5.16 Å². The molecular formula is C11H6N2O2. The smallest absolute Gasteiger partial charge is 0.216 e. The van der Waals surface area contributed by atoms with Gasteiger partial charge < -0.3 is 5.21 Å². The Balaban J connectivity index is 2.74. The first-order valence-electron chi connectivity index (χ1n) is 4.26. The van der Waals surface area contributed by atoms with Crippen molar-refractivity contribution in [2.75, 3.05) is 0 Å². The first-order valence-corrected chi connectivity index (χ1v) is 4.26. The van der Waals surface area contributed by atoms with E-state index in [-0.39, 0.29) is 11.5 Å². The summed E-state index contributed by atoms with van der Waals surface area (Å²) in [6.45, 7) is 0. The fraction of sp³-hybridized carbons (Fsp3) is 0. The maximum Gasteiger partial charge on any atom is 0.216 e. The van der Waals surface area contributed by atoms with Gasteiger partial charge in [-0.05, 0) is 5.56 Å². The van der Waals surface area contributed by atoms with Gasteiger partial charge in [-0.3, -0.25) is 4.79 Å². The van der Waals surface area contributed by atoms with E-state index in [9.17, 15) is 4.79 Å². The van der Waals surface area contributed by atoms with E-state index in [4.69, 9.17) is 10.5 Å². The van der Waals surface area contributed by atoms with Gasteiger partial charge in [0.2, 0.25) is 5.78 Å². The number of fused-ring (bicyclic) bond motifs is 1. The van der Waals surface area contributed by atoms with Crippen LogP contribution in [0.15, 0.2) is 35.5 Å². The number of Topliss-reactive ketones (excluding diaryl/α,β-unsaturated/α-hetero) is 1. The van der Waals surface area contributed by atoms with E-state index in [1.165, 1.54) is 6.08 Å². The van der Waals surface area contributed by atoms with E-state index in [2.05, 4.69) is 5.16 Å². The van der Waals surface area contributed by atoms with Crippen molar-refractivity contribution in [3.63, 3.8) is 0 Å². The Kier molecular flexibility index (Phi) is 2.07. The van der Waals surface area contributed by atoms with Gasteiger partial charge in [-0.15, -0.1) is 0 Å². The molecule has 0 amide bonds. The summed E-state index contributed by atoms with van der Waals surface area (Å²) in [5.74, 6) is -0.352. The highest BCUT2D eigenvalue weighted by atomic mass is 16.4. The maximum absolute atomic E-state index is 11.7. The minimum absolute atomic E-state index is 0.0715. The van der Waals surface area contributed by atoms with Crippen LogP contribution < -0.4 is 0 Å². The molecule has 1 aromatic rings. The molecule has 15 heavy (non-hydrogen) atoms. The Labute approximate surface area is 85.8 Å². The van der Waals surface area contributed by atoms with Crippen molar-refractivity contribution in [3.05, 3.63) is 41.5 Å².